The molecule has 0 saturated carbocycles. The predicted octanol–water partition coefficient (Wildman–Crippen LogP) is 2.74. The van der Waals surface area contributed by atoms with E-state index in [1.165, 1.54) is 4.88 Å². The summed E-state index contributed by atoms with van der Waals surface area (Å²) in [5, 5.41) is 16.3. The molecule has 0 aliphatic heterocycles. The Morgan fingerprint density at radius 3 is 2.67 bits per heavy atom. The minimum absolute atomic E-state index is 0.119. The molecule has 0 radical (unpaired) electrons. The number of carbonyl (C=O) groups is 2. The second-order valence-corrected chi connectivity index (χ2v) is 5.47. The molecule has 21 heavy (non-hydrogen) atoms. The number of amides is 2. The zero-order chi connectivity index (χ0) is 15.1. The van der Waals surface area contributed by atoms with E-state index >= 15 is 0 Å². The Bertz CT molecular complexity index is 611. The van der Waals surface area contributed by atoms with Gasteiger partial charge in [-0.3, -0.25) is 4.79 Å². The molecule has 5 nitrogen and oxygen atoms in total. The first-order valence-electron chi connectivity index (χ1n) is 6.52. The van der Waals surface area contributed by atoms with E-state index in [0.29, 0.717) is 17.8 Å². The molecular weight excluding hydrogens is 288 g/mol. The number of carbonyl (C=O) groups excluding carboxylic acids is 1. The highest BCUT2D eigenvalue weighted by atomic mass is 32.1. The fraction of sp³-hybridized carbons (Fsp3) is 0.200. The second-order valence-electron chi connectivity index (χ2n) is 4.44. The number of hydrogen-bond acceptors (Lipinski definition) is 3. The van der Waals surface area contributed by atoms with Crippen molar-refractivity contribution in [2.75, 3.05) is 11.9 Å². The minimum atomic E-state index is -0.928. The molecular formula is C15H16N2O3S. The number of carboxylic acid groups (broad SMARTS) is 1. The van der Waals surface area contributed by atoms with Crippen LogP contribution in [0.15, 0.2) is 41.8 Å². The Morgan fingerprint density at radius 2 is 1.95 bits per heavy atom. The van der Waals surface area contributed by atoms with E-state index in [4.69, 9.17) is 5.11 Å². The van der Waals surface area contributed by atoms with Crippen LogP contribution in [0, 0.1) is 0 Å². The summed E-state index contributed by atoms with van der Waals surface area (Å²) in [5.41, 5.74) is 1.10. The van der Waals surface area contributed by atoms with Crippen LogP contribution in [0.3, 0.4) is 0 Å². The van der Waals surface area contributed by atoms with Crippen LogP contribution in [0.2, 0.25) is 0 Å². The van der Waals surface area contributed by atoms with Gasteiger partial charge in [0.05, 0.1) is 6.42 Å². The molecule has 1 aromatic carbocycles. The minimum Gasteiger partial charge on any atom is -0.481 e. The molecule has 2 rings (SSSR count). The average molecular weight is 304 g/mol. The molecule has 2 aromatic rings. The van der Waals surface area contributed by atoms with Crippen LogP contribution in [0.1, 0.15) is 10.4 Å². The molecule has 6 heteroatoms. The largest absolute Gasteiger partial charge is 0.481 e. The summed E-state index contributed by atoms with van der Waals surface area (Å²) in [5.74, 6) is -0.928. The topological polar surface area (TPSA) is 78.4 Å². The Kier molecular flexibility index (Phi) is 5.34. The Hall–Kier alpha value is -2.34. The lowest BCUT2D eigenvalue weighted by Crippen LogP contribution is -2.30. The number of hydrogen-bond donors (Lipinski definition) is 3. The van der Waals surface area contributed by atoms with Gasteiger partial charge in [0, 0.05) is 17.1 Å². The fourth-order valence-corrected chi connectivity index (χ4v) is 2.59. The molecule has 2 amide bonds. The summed E-state index contributed by atoms with van der Waals surface area (Å²) < 4.78 is 0. The van der Waals surface area contributed by atoms with Crippen LogP contribution in [0.5, 0.6) is 0 Å². The lowest BCUT2D eigenvalue weighted by atomic mass is 10.1. The Balaban J connectivity index is 1.86. The van der Waals surface area contributed by atoms with Crippen LogP contribution in [0.25, 0.3) is 0 Å². The third-order valence-electron chi connectivity index (χ3n) is 2.84. The van der Waals surface area contributed by atoms with Crippen molar-refractivity contribution in [3.63, 3.8) is 0 Å². The highest BCUT2D eigenvalue weighted by Crippen LogP contribution is 2.15. The third-order valence-corrected chi connectivity index (χ3v) is 3.78. The summed E-state index contributed by atoms with van der Waals surface area (Å²) in [6, 6.07) is 10.6. The van der Waals surface area contributed by atoms with E-state index in [9.17, 15) is 9.59 Å². The molecule has 110 valence electrons. The van der Waals surface area contributed by atoms with Crippen molar-refractivity contribution in [3.05, 3.63) is 52.2 Å². The fourth-order valence-electron chi connectivity index (χ4n) is 1.88. The average Bonchev–Trinajstić information content (AvgIpc) is 2.93. The number of nitrogens with one attached hydrogen (secondary N) is 2. The molecule has 0 aliphatic rings. The highest BCUT2D eigenvalue weighted by Gasteiger charge is 2.08. The smallest absolute Gasteiger partial charge is 0.319 e. The molecule has 0 saturated heterocycles. The number of rotatable bonds is 6. The lowest BCUT2D eigenvalue weighted by Gasteiger charge is -2.10. The van der Waals surface area contributed by atoms with Crippen molar-refractivity contribution in [2.24, 2.45) is 0 Å². The molecule has 3 N–H and O–H groups in total. The maximum atomic E-state index is 11.8. The van der Waals surface area contributed by atoms with Gasteiger partial charge in [-0.1, -0.05) is 24.3 Å². The van der Waals surface area contributed by atoms with Crippen molar-refractivity contribution in [1.29, 1.82) is 0 Å². The first-order chi connectivity index (χ1) is 10.1. The van der Waals surface area contributed by atoms with Crippen LogP contribution >= 0.6 is 11.3 Å². The first-order valence-corrected chi connectivity index (χ1v) is 7.40. The number of thiophene rings is 1. The molecule has 0 atom stereocenters. The number of benzene rings is 1. The maximum Gasteiger partial charge on any atom is 0.319 e. The molecule has 1 heterocycles. The number of urea groups is 1. The first kappa shape index (κ1) is 15.1. The molecule has 1 aromatic heterocycles. The van der Waals surface area contributed by atoms with Crippen LogP contribution in [0.4, 0.5) is 10.5 Å². The van der Waals surface area contributed by atoms with Crippen molar-refractivity contribution < 1.29 is 14.7 Å². The monoisotopic (exact) mass is 304 g/mol. The number of aliphatic carboxylic acids is 1. The molecule has 0 unspecified atom stereocenters. The van der Waals surface area contributed by atoms with E-state index in [2.05, 4.69) is 10.6 Å². The summed E-state index contributed by atoms with van der Waals surface area (Å²) in [7, 11) is 0. The van der Waals surface area contributed by atoms with Crippen molar-refractivity contribution in [3.8, 4) is 0 Å². The van der Waals surface area contributed by atoms with Crippen LogP contribution < -0.4 is 10.6 Å². The summed E-state index contributed by atoms with van der Waals surface area (Å²) in [6.45, 7) is 0.535. The summed E-state index contributed by atoms with van der Waals surface area (Å²) in [6.07, 6.45) is 0.660. The number of anilines is 1. The van der Waals surface area contributed by atoms with Gasteiger partial charge in [0.2, 0.25) is 0 Å². The number of carboxylic acids is 1. The SMILES string of the molecule is O=C(O)Cc1ccccc1NC(=O)NCCc1cccs1. The molecule has 0 fully saturated rings. The van der Waals surface area contributed by atoms with E-state index < -0.39 is 5.97 Å². The van der Waals surface area contributed by atoms with Crippen LogP contribution in [-0.4, -0.2) is 23.7 Å². The van der Waals surface area contributed by atoms with Gasteiger partial charge in [-0.25, -0.2) is 4.79 Å². The standard InChI is InChI=1S/C15H16N2O3S/c18-14(19)10-11-4-1-2-6-13(11)17-15(20)16-8-7-12-5-3-9-21-12/h1-6,9H,7-8,10H2,(H,18,19)(H2,16,17,20). The van der Waals surface area contributed by atoms with Gasteiger partial charge in [-0.05, 0) is 29.5 Å². The van der Waals surface area contributed by atoms with E-state index in [1.54, 1.807) is 35.6 Å². The van der Waals surface area contributed by atoms with E-state index in [-0.39, 0.29) is 12.5 Å². The van der Waals surface area contributed by atoms with Gasteiger partial charge < -0.3 is 15.7 Å². The van der Waals surface area contributed by atoms with Crippen molar-refractivity contribution in [1.82, 2.24) is 5.32 Å². The van der Waals surface area contributed by atoms with Gasteiger partial charge in [0.1, 0.15) is 0 Å². The second kappa shape index (κ2) is 7.44. The van der Waals surface area contributed by atoms with Crippen molar-refractivity contribution in [2.45, 2.75) is 12.8 Å². The zero-order valence-corrected chi connectivity index (χ0v) is 12.2. The Labute approximate surface area is 126 Å². The van der Waals surface area contributed by atoms with Gasteiger partial charge in [0.25, 0.3) is 0 Å². The highest BCUT2D eigenvalue weighted by molar-refractivity contribution is 7.09. The predicted molar refractivity (Wildman–Crippen MR) is 82.8 cm³/mol. The summed E-state index contributed by atoms with van der Waals surface area (Å²) >= 11 is 1.65. The van der Waals surface area contributed by atoms with Gasteiger partial charge in [-0.15, -0.1) is 11.3 Å². The van der Waals surface area contributed by atoms with Gasteiger partial charge in [-0.2, -0.15) is 0 Å². The zero-order valence-electron chi connectivity index (χ0n) is 11.3. The maximum absolute atomic E-state index is 11.8. The molecule has 0 spiro atoms. The molecule has 0 bridgehead atoms. The van der Waals surface area contributed by atoms with Crippen molar-refractivity contribution >= 4 is 29.0 Å². The van der Waals surface area contributed by atoms with E-state index in [0.717, 1.165) is 6.42 Å². The number of para-hydroxylation sites is 1. The van der Waals surface area contributed by atoms with E-state index in [1.807, 2.05) is 17.5 Å². The summed E-state index contributed by atoms with van der Waals surface area (Å²) in [4.78, 5) is 23.8. The Morgan fingerprint density at radius 1 is 1.14 bits per heavy atom. The lowest BCUT2D eigenvalue weighted by molar-refractivity contribution is -0.136. The normalized spacial score (nSPS) is 10.1. The van der Waals surface area contributed by atoms with Gasteiger partial charge in [0.15, 0.2) is 0 Å². The molecule has 0 aliphatic carbocycles. The quantitative estimate of drug-likeness (QED) is 0.768. The van der Waals surface area contributed by atoms with Gasteiger partial charge >= 0.3 is 12.0 Å². The third kappa shape index (κ3) is 4.92. The van der Waals surface area contributed by atoms with Crippen LogP contribution in [-0.2, 0) is 17.6 Å².